The van der Waals surface area contributed by atoms with E-state index in [1.165, 1.54) is 32.1 Å². The van der Waals surface area contributed by atoms with Gasteiger partial charge in [0.15, 0.2) is 5.96 Å². The van der Waals surface area contributed by atoms with Crippen molar-refractivity contribution in [2.45, 2.75) is 65.3 Å². The molecule has 0 spiro atoms. The number of hydrogen-bond acceptors (Lipinski definition) is 1. The molecule has 0 aliphatic heterocycles. The first kappa shape index (κ1) is 18.0. The number of hydrogen-bond donors (Lipinski definition) is 2. The molecule has 1 rings (SSSR count). The van der Waals surface area contributed by atoms with Crippen LogP contribution in [0.3, 0.4) is 0 Å². The molecule has 0 saturated heterocycles. The van der Waals surface area contributed by atoms with E-state index in [2.05, 4.69) is 38.0 Å². The summed E-state index contributed by atoms with van der Waals surface area (Å²) in [6.07, 6.45) is 6.75. The minimum Gasteiger partial charge on any atom is -0.370 e. The highest BCUT2D eigenvalue weighted by Crippen LogP contribution is 2.30. The van der Waals surface area contributed by atoms with Gasteiger partial charge in [-0.3, -0.25) is 4.99 Å². The molecule has 0 aromatic carbocycles. The van der Waals surface area contributed by atoms with Crippen molar-refractivity contribution < 1.29 is 0 Å². The lowest BCUT2D eigenvalue weighted by molar-refractivity contribution is 0.272. The van der Waals surface area contributed by atoms with Crippen molar-refractivity contribution in [1.82, 2.24) is 5.32 Å². The van der Waals surface area contributed by atoms with E-state index in [0.717, 1.165) is 18.4 Å². The van der Waals surface area contributed by atoms with Crippen LogP contribution in [-0.4, -0.2) is 18.0 Å². The topological polar surface area (TPSA) is 50.4 Å². The molecular formula is C14H30IN3. The fourth-order valence-electron chi connectivity index (χ4n) is 2.61. The molecule has 0 aromatic heterocycles. The van der Waals surface area contributed by atoms with Gasteiger partial charge in [0.25, 0.3) is 0 Å². The third-order valence-corrected chi connectivity index (χ3v) is 3.37. The van der Waals surface area contributed by atoms with Crippen molar-refractivity contribution in [2.75, 3.05) is 6.54 Å². The van der Waals surface area contributed by atoms with Crippen LogP contribution in [0.5, 0.6) is 0 Å². The van der Waals surface area contributed by atoms with Crippen LogP contribution in [0, 0.1) is 11.8 Å². The Kier molecular flexibility index (Phi) is 8.23. The first-order chi connectivity index (χ1) is 7.87. The van der Waals surface area contributed by atoms with Crippen LogP contribution in [0.25, 0.3) is 0 Å². The molecular weight excluding hydrogens is 337 g/mol. The Morgan fingerprint density at radius 3 is 2.56 bits per heavy atom. The molecule has 2 unspecified atom stereocenters. The van der Waals surface area contributed by atoms with Gasteiger partial charge in [-0.2, -0.15) is 0 Å². The molecule has 0 radical (unpaired) electrons. The van der Waals surface area contributed by atoms with Crippen LogP contribution in [0.15, 0.2) is 4.99 Å². The summed E-state index contributed by atoms with van der Waals surface area (Å²) in [5, 5.41) is 3.19. The number of nitrogens with two attached hydrogens (primary N) is 1. The number of nitrogens with one attached hydrogen (secondary N) is 1. The minimum absolute atomic E-state index is 0. The zero-order valence-corrected chi connectivity index (χ0v) is 14.7. The quantitative estimate of drug-likeness (QED) is 0.456. The lowest BCUT2D eigenvalue weighted by Crippen LogP contribution is -2.45. The number of rotatable bonds is 3. The van der Waals surface area contributed by atoms with Gasteiger partial charge in [0.1, 0.15) is 0 Å². The van der Waals surface area contributed by atoms with Gasteiger partial charge in [-0.1, -0.05) is 26.2 Å². The Labute approximate surface area is 129 Å². The normalized spacial score (nSPS) is 25.4. The van der Waals surface area contributed by atoms with Crippen molar-refractivity contribution >= 4 is 29.9 Å². The average molecular weight is 367 g/mol. The lowest BCUT2D eigenvalue weighted by Gasteiger charge is -2.26. The molecule has 0 bridgehead atoms. The number of halogens is 1. The van der Waals surface area contributed by atoms with E-state index in [1.807, 2.05) is 0 Å². The largest absolute Gasteiger partial charge is 0.370 e. The molecule has 0 heterocycles. The van der Waals surface area contributed by atoms with E-state index in [4.69, 9.17) is 5.73 Å². The van der Waals surface area contributed by atoms with Crippen molar-refractivity contribution in [3.05, 3.63) is 0 Å². The SMILES string of the molecule is CC1CCCC(CCN=C(N)NC(C)(C)C)C1.I. The summed E-state index contributed by atoms with van der Waals surface area (Å²) in [4.78, 5) is 4.41. The minimum atomic E-state index is 0. The molecule has 1 aliphatic rings. The highest BCUT2D eigenvalue weighted by atomic mass is 127. The van der Waals surface area contributed by atoms with E-state index in [1.54, 1.807) is 0 Å². The predicted octanol–water partition coefficient (Wildman–Crippen LogP) is 3.52. The summed E-state index contributed by atoms with van der Waals surface area (Å²) in [7, 11) is 0. The Bertz CT molecular complexity index is 258. The van der Waals surface area contributed by atoms with E-state index in [9.17, 15) is 0 Å². The Hall–Kier alpha value is 0. The van der Waals surface area contributed by atoms with Gasteiger partial charge >= 0.3 is 0 Å². The number of guanidine groups is 1. The predicted molar refractivity (Wildman–Crippen MR) is 90.5 cm³/mol. The summed E-state index contributed by atoms with van der Waals surface area (Å²) in [5.74, 6) is 2.36. The fraction of sp³-hybridized carbons (Fsp3) is 0.929. The molecule has 0 amide bonds. The second-order valence-electron chi connectivity index (χ2n) is 6.57. The molecule has 1 saturated carbocycles. The van der Waals surface area contributed by atoms with Gasteiger partial charge in [-0.15, -0.1) is 24.0 Å². The van der Waals surface area contributed by atoms with E-state index in [-0.39, 0.29) is 29.5 Å². The smallest absolute Gasteiger partial charge is 0.188 e. The van der Waals surface area contributed by atoms with Crippen LogP contribution < -0.4 is 11.1 Å². The maximum absolute atomic E-state index is 5.84. The number of aliphatic imine (C=N–C) groups is 1. The highest BCUT2D eigenvalue weighted by molar-refractivity contribution is 14.0. The van der Waals surface area contributed by atoms with Gasteiger partial charge in [-0.25, -0.2) is 0 Å². The zero-order chi connectivity index (χ0) is 12.9. The monoisotopic (exact) mass is 367 g/mol. The Morgan fingerprint density at radius 2 is 2.00 bits per heavy atom. The van der Waals surface area contributed by atoms with E-state index >= 15 is 0 Å². The van der Waals surface area contributed by atoms with Crippen molar-refractivity contribution in [1.29, 1.82) is 0 Å². The van der Waals surface area contributed by atoms with Gasteiger partial charge in [0, 0.05) is 12.1 Å². The van der Waals surface area contributed by atoms with Crippen LogP contribution in [-0.2, 0) is 0 Å². The molecule has 1 aliphatic carbocycles. The third kappa shape index (κ3) is 8.16. The second kappa shape index (κ2) is 8.23. The molecule has 4 heteroatoms. The molecule has 3 nitrogen and oxygen atoms in total. The highest BCUT2D eigenvalue weighted by Gasteiger charge is 2.18. The van der Waals surface area contributed by atoms with Crippen molar-refractivity contribution in [3.63, 3.8) is 0 Å². The Balaban J connectivity index is 0.00000289. The maximum atomic E-state index is 5.84. The molecule has 1 fully saturated rings. The lowest BCUT2D eigenvalue weighted by atomic mass is 9.81. The zero-order valence-electron chi connectivity index (χ0n) is 12.3. The third-order valence-electron chi connectivity index (χ3n) is 3.37. The summed E-state index contributed by atoms with van der Waals surface area (Å²) >= 11 is 0. The summed E-state index contributed by atoms with van der Waals surface area (Å²) < 4.78 is 0. The standard InChI is InChI=1S/C14H29N3.HI/c1-11-6-5-7-12(10-11)8-9-16-13(15)17-14(2,3)4;/h11-12H,5-10H2,1-4H3,(H3,15,16,17);1H. The molecule has 2 atom stereocenters. The first-order valence-corrected chi connectivity index (χ1v) is 6.95. The molecule has 0 aromatic rings. The van der Waals surface area contributed by atoms with Crippen LogP contribution in [0.2, 0.25) is 0 Å². The van der Waals surface area contributed by atoms with E-state index < -0.39 is 0 Å². The van der Waals surface area contributed by atoms with E-state index in [0.29, 0.717) is 5.96 Å². The molecule has 18 heavy (non-hydrogen) atoms. The molecule has 3 N–H and O–H groups in total. The summed E-state index contributed by atoms with van der Waals surface area (Å²) in [5.41, 5.74) is 5.85. The molecule has 108 valence electrons. The van der Waals surface area contributed by atoms with Crippen LogP contribution in [0.4, 0.5) is 0 Å². The van der Waals surface area contributed by atoms with Crippen LogP contribution in [0.1, 0.15) is 59.8 Å². The summed E-state index contributed by atoms with van der Waals surface area (Å²) in [6, 6.07) is 0. The van der Waals surface area contributed by atoms with Gasteiger partial charge in [0.2, 0.25) is 0 Å². The second-order valence-corrected chi connectivity index (χ2v) is 6.57. The maximum Gasteiger partial charge on any atom is 0.188 e. The van der Waals surface area contributed by atoms with Gasteiger partial charge < -0.3 is 11.1 Å². The number of nitrogens with zero attached hydrogens (tertiary/aromatic N) is 1. The average Bonchev–Trinajstić information content (AvgIpc) is 2.14. The van der Waals surface area contributed by atoms with Crippen molar-refractivity contribution in [3.8, 4) is 0 Å². The Morgan fingerprint density at radius 1 is 1.33 bits per heavy atom. The first-order valence-electron chi connectivity index (χ1n) is 6.95. The van der Waals surface area contributed by atoms with Gasteiger partial charge in [-0.05, 0) is 45.4 Å². The van der Waals surface area contributed by atoms with Crippen molar-refractivity contribution in [2.24, 2.45) is 22.6 Å². The fourth-order valence-corrected chi connectivity index (χ4v) is 2.61. The summed E-state index contributed by atoms with van der Waals surface area (Å²) in [6.45, 7) is 9.52. The van der Waals surface area contributed by atoms with Gasteiger partial charge in [0.05, 0.1) is 0 Å². The van der Waals surface area contributed by atoms with Crippen LogP contribution >= 0.6 is 24.0 Å².